The summed E-state index contributed by atoms with van der Waals surface area (Å²) in [5.74, 6) is 0.412. The van der Waals surface area contributed by atoms with Crippen molar-refractivity contribution in [3.05, 3.63) is 16.3 Å². The Hall–Kier alpha value is -1.15. The Balaban J connectivity index is 2.95. The van der Waals surface area contributed by atoms with E-state index in [1.807, 2.05) is 0 Å². The molecule has 0 aliphatic carbocycles. The van der Waals surface area contributed by atoms with E-state index in [1.165, 1.54) is 11.6 Å². The van der Waals surface area contributed by atoms with E-state index in [1.54, 1.807) is 6.92 Å². The number of hydrogen-bond donors (Lipinski definition) is 1. The van der Waals surface area contributed by atoms with Crippen molar-refractivity contribution >= 4 is 10.0 Å². The van der Waals surface area contributed by atoms with Crippen LogP contribution in [-0.2, 0) is 23.1 Å². The monoisotopic (exact) mass is 234 g/mol. The van der Waals surface area contributed by atoms with Crippen molar-refractivity contribution in [2.45, 2.75) is 20.0 Å². The predicted octanol–water partition coefficient (Wildman–Crippen LogP) is -1.02. The van der Waals surface area contributed by atoms with Gasteiger partial charge in [-0.05, 0) is 6.92 Å². The molecule has 1 aromatic heterocycles. The van der Waals surface area contributed by atoms with Gasteiger partial charge >= 0.3 is 5.69 Å². The van der Waals surface area contributed by atoms with Gasteiger partial charge in [-0.3, -0.25) is 4.57 Å². The standard InChI is InChI=1S/C7H14N4O3S/c1-4-11-6(8-9-7(11)12)5-10(2)15(3,13)14/h4-5H2,1-3H3,(H,9,12). The third-order valence-electron chi connectivity index (χ3n) is 2.08. The number of rotatable bonds is 4. The van der Waals surface area contributed by atoms with Crippen LogP contribution in [0.1, 0.15) is 12.7 Å². The zero-order chi connectivity index (χ0) is 11.6. The van der Waals surface area contributed by atoms with Crippen molar-refractivity contribution in [2.24, 2.45) is 0 Å². The van der Waals surface area contributed by atoms with E-state index in [0.29, 0.717) is 12.4 Å². The van der Waals surface area contributed by atoms with E-state index in [0.717, 1.165) is 10.6 Å². The van der Waals surface area contributed by atoms with Crippen molar-refractivity contribution in [1.82, 2.24) is 19.1 Å². The fraction of sp³-hybridized carbons (Fsp3) is 0.714. The topological polar surface area (TPSA) is 88.1 Å². The van der Waals surface area contributed by atoms with Crippen LogP contribution in [0.4, 0.5) is 0 Å². The molecule has 0 atom stereocenters. The molecule has 1 aromatic rings. The zero-order valence-electron chi connectivity index (χ0n) is 8.89. The van der Waals surface area contributed by atoms with Gasteiger partial charge in [0.1, 0.15) is 5.82 Å². The molecule has 7 nitrogen and oxygen atoms in total. The highest BCUT2D eigenvalue weighted by Gasteiger charge is 2.15. The van der Waals surface area contributed by atoms with Crippen molar-refractivity contribution in [1.29, 1.82) is 0 Å². The Kier molecular flexibility index (Phi) is 3.30. The van der Waals surface area contributed by atoms with E-state index in [4.69, 9.17) is 0 Å². The van der Waals surface area contributed by atoms with Crippen molar-refractivity contribution < 1.29 is 8.42 Å². The number of nitrogens with one attached hydrogen (secondary N) is 1. The molecule has 0 unspecified atom stereocenters. The first-order valence-electron chi connectivity index (χ1n) is 4.41. The highest BCUT2D eigenvalue weighted by molar-refractivity contribution is 7.88. The first-order valence-corrected chi connectivity index (χ1v) is 6.26. The van der Waals surface area contributed by atoms with E-state index in [9.17, 15) is 13.2 Å². The lowest BCUT2D eigenvalue weighted by atomic mass is 10.5. The number of nitrogens with zero attached hydrogens (tertiary/aromatic N) is 3. The Morgan fingerprint density at radius 2 is 2.13 bits per heavy atom. The number of H-pyrrole nitrogens is 1. The second-order valence-electron chi connectivity index (χ2n) is 3.21. The molecule has 0 fully saturated rings. The molecule has 0 aromatic carbocycles. The van der Waals surface area contributed by atoms with Gasteiger partial charge in [-0.25, -0.2) is 18.3 Å². The summed E-state index contributed by atoms with van der Waals surface area (Å²) in [6, 6.07) is 0. The SMILES string of the molecule is CCn1c(CN(C)S(C)(=O)=O)n[nH]c1=O. The molecule has 0 aliphatic heterocycles. The van der Waals surface area contributed by atoms with Crippen LogP contribution in [0.2, 0.25) is 0 Å². The number of aromatic amines is 1. The van der Waals surface area contributed by atoms with Crippen molar-refractivity contribution in [2.75, 3.05) is 13.3 Å². The minimum absolute atomic E-state index is 0.0887. The van der Waals surface area contributed by atoms with Gasteiger partial charge in [-0.15, -0.1) is 0 Å². The quantitative estimate of drug-likeness (QED) is 0.722. The molecule has 1 N–H and O–H groups in total. The molecule has 15 heavy (non-hydrogen) atoms. The summed E-state index contributed by atoms with van der Waals surface area (Å²) in [6.07, 6.45) is 1.11. The fourth-order valence-corrected chi connectivity index (χ4v) is 1.46. The average Bonchev–Trinajstić information content (AvgIpc) is 2.45. The molecule has 86 valence electrons. The highest BCUT2D eigenvalue weighted by Crippen LogP contribution is 2.01. The molecular weight excluding hydrogens is 220 g/mol. The second kappa shape index (κ2) is 4.15. The maximum atomic E-state index is 11.2. The molecule has 1 heterocycles. The van der Waals surface area contributed by atoms with E-state index < -0.39 is 10.0 Å². The summed E-state index contributed by atoms with van der Waals surface area (Å²) in [6.45, 7) is 2.34. The zero-order valence-corrected chi connectivity index (χ0v) is 9.71. The van der Waals surface area contributed by atoms with Gasteiger partial charge in [-0.1, -0.05) is 0 Å². The van der Waals surface area contributed by atoms with E-state index >= 15 is 0 Å². The third kappa shape index (κ3) is 2.66. The van der Waals surface area contributed by atoms with Gasteiger partial charge in [0.2, 0.25) is 10.0 Å². The number of sulfonamides is 1. The smallest absolute Gasteiger partial charge is 0.278 e. The van der Waals surface area contributed by atoms with Crippen LogP contribution >= 0.6 is 0 Å². The molecule has 0 aliphatic rings. The first kappa shape index (κ1) is 11.9. The summed E-state index contributed by atoms with van der Waals surface area (Å²) >= 11 is 0. The van der Waals surface area contributed by atoms with Crippen LogP contribution in [0.25, 0.3) is 0 Å². The summed E-state index contributed by atoms with van der Waals surface area (Å²) in [5, 5.41) is 6.04. The summed E-state index contributed by atoms with van der Waals surface area (Å²) in [7, 11) is -1.81. The second-order valence-corrected chi connectivity index (χ2v) is 5.30. The largest absolute Gasteiger partial charge is 0.343 e. The van der Waals surface area contributed by atoms with Crippen LogP contribution in [0, 0.1) is 0 Å². The van der Waals surface area contributed by atoms with Gasteiger partial charge in [0.15, 0.2) is 0 Å². The predicted molar refractivity (Wildman–Crippen MR) is 54.8 cm³/mol. The van der Waals surface area contributed by atoms with Crippen molar-refractivity contribution in [3.63, 3.8) is 0 Å². The Bertz CT molecular complexity index is 487. The maximum absolute atomic E-state index is 11.2. The fourth-order valence-electron chi connectivity index (χ4n) is 1.11. The highest BCUT2D eigenvalue weighted by atomic mass is 32.2. The normalized spacial score (nSPS) is 12.3. The van der Waals surface area contributed by atoms with Gasteiger partial charge in [0.05, 0.1) is 12.8 Å². The van der Waals surface area contributed by atoms with Crippen molar-refractivity contribution in [3.8, 4) is 0 Å². The Morgan fingerprint density at radius 3 is 2.60 bits per heavy atom. The van der Waals surface area contributed by atoms with Gasteiger partial charge in [0.25, 0.3) is 0 Å². The maximum Gasteiger partial charge on any atom is 0.343 e. The Labute approximate surface area is 87.8 Å². The molecule has 0 radical (unpaired) electrons. The number of hydrogen-bond acceptors (Lipinski definition) is 4. The molecule has 8 heteroatoms. The first-order chi connectivity index (χ1) is 6.86. The minimum Gasteiger partial charge on any atom is -0.278 e. The van der Waals surface area contributed by atoms with Crippen LogP contribution in [-0.4, -0.2) is 40.8 Å². The van der Waals surface area contributed by atoms with Crippen LogP contribution in [0.5, 0.6) is 0 Å². The molecule has 0 saturated heterocycles. The summed E-state index contributed by atoms with van der Waals surface area (Å²) in [4.78, 5) is 11.2. The Morgan fingerprint density at radius 1 is 1.53 bits per heavy atom. The van der Waals surface area contributed by atoms with Gasteiger partial charge in [-0.2, -0.15) is 9.40 Å². The molecule has 0 saturated carbocycles. The summed E-state index contributed by atoms with van der Waals surface area (Å²) in [5.41, 5.74) is -0.325. The minimum atomic E-state index is -3.25. The lowest BCUT2D eigenvalue weighted by Crippen LogP contribution is -2.28. The molecule has 0 amide bonds. The summed E-state index contributed by atoms with van der Waals surface area (Å²) < 4.78 is 24.8. The third-order valence-corrected chi connectivity index (χ3v) is 3.35. The van der Waals surface area contributed by atoms with Crippen LogP contribution in [0.3, 0.4) is 0 Å². The molecule has 0 bridgehead atoms. The lowest BCUT2D eigenvalue weighted by molar-refractivity contribution is 0.450. The van der Waals surface area contributed by atoms with Crippen LogP contribution < -0.4 is 5.69 Å². The van der Waals surface area contributed by atoms with E-state index in [-0.39, 0.29) is 12.2 Å². The number of aromatic nitrogens is 3. The van der Waals surface area contributed by atoms with Crippen LogP contribution in [0.15, 0.2) is 4.79 Å². The lowest BCUT2D eigenvalue weighted by Gasteiger charge is -2.13. The van der Waals surface area contributed by atoms with Gasteiger partial charge < -0.3 is 0 Å². The molecule has 1 rings (SSSR count). The van der Waals surface area contributed by atoms with Gasteiger partial charge in [0, 0.05) is 13.6 Å². The van der Waals surface area contributed by atoms with E-state index in [2.05, 4.69) is 10.2 Å². The molecule has 0 spiro atoms. The molecular formula is C7H14N4O3S. The average molecular weight is 234 g/mol.